The number of rotatable bonds is 3. The van der Waals surface area contributed by atoms with Crippen molar-refractivity contribution in [2.24, 2.45) is 0 Å². The summed E-state index contributed by atoms with van der Waals surface area (Å²) >= 11 is 5.97. The number of halogens is 3. The Kier molecular flexibility index (Phi) is 4.98. The van der Waals surface area contributed by atoms with Gasteiger partial charge in [-0.05, 0) is 52.1 Å². The Hall–Kier alpha value is -3.58. The fourth-order valence-corrected chi connectivity index (χ4v) is 4.29. The second kappa shape index (κ2) is 7.84. The summed E-state index contributed by atoms with van der Waals surface area (Å²) in [7, 11) is 0. The third kappa shape index (κ3) is 3.44. The first kappa shape index (κ1) is 20.3. The molecule has 0 spiro atoms. The second-order valence-electron chi connectivity index (χ2n) is 7.65. The monoisotopic (exact) mass is 450 g/mol. The molecule has 5 nitrogen and oxygen atoms in total. The fourth-order valence-electron chi connectivity index (χ4n) is 4.07. The van der Waals surface area contributed by atoms with Gasteiger partial charge < -0.3 is 10.6 Å². The molecule has 2 heterocycles. The van der Waals surface area contributed by atoms with Gasteiger partial charge in [0.1, 0.15) is 5.69 Å². The summed E-state index contributed by atoms with van der Waals surface area (Å²) in [5.74, 6) is -2.24. The third-order valence-corrected chi connectivity index (χ3v) is 5.93. The van der Waals surface area contributed by atoms with Crippen molar-refractivity contribution in [3.63, 3.8) is 0 Å². The van der Waals surface area contributed by atoms with E-state index in [9.17, 15) is 13.6 Å². The quantitative estimate of drug-likeness (QED) is 0.443. The fraction of sp³-hybridized carbons (Fsp3) is 0.125. The number of alkyl halides is 1. The van der Waals surface area contributed by atoms with Crippen LogP contribution in [0.3, 0.4) is 0 Å². The molecule has 0 atom stereocenters. The molecule has 1 aliphatic heterocycles. The summed E-state index contributed by atoms with van der Waals surface area (Å²) in [5, 5.41) is 0.475. The van der Waals surface area contributed by atoms with Gasteiger partial charge >= 0.3 is 0 Å². The molecule has 0 aliphatic carbocycles. The van der Waals surface area contributed by atoms with E-state index in [1.165, 1.54) is 0 Å². The van der Waals surface area contributed by atoms with Crippen LogP contribution in [0.25, 0.3) is 22.0 Å². The molecule has 0 unspecified atom stereocenters. The molecular formula is C24H17ClF2N4O. The third-order valence-electron chi connectivity index (χ3n) is 5.64. The van der Waals surface area contributed by atoms with Crippen molar-refractivity contribution in [3.8, 4) is 11.1 Å². The number of nitrogen functional groups attached to an aromatic ring is 1. The smallest absolute Gasteiger partial charge is 0.273 e. The predicted molar refractivity (Wildman–Crippen MR) is 119 cm³/mol. The molecule has 1 amide bonds. The number of hydrogen-bond donors (Lipinski definition) is 1. The van der Waals surface area contributed by atoms with Gasteiger partial charge in [0, 0.05) is 24.4 Å². The van der Waals surface area contributed by atoms with E-state index >= 15 is 0 Å². The first-order valence-corrected chi connectivity index (χ1v) is 10.5. The number of fused-ring (bicyclic) bond motifs is 2. The van der Waals surface area contributed by atoms with E-state index < -0.39 is 11.6 Å². The van der Waals surface area contributed by atoms with Crippen LogP contribution in [0, 0.1) is 11.6 Å². The Balaban J connectivity index is 1.62. The zero-order valence-corrected chi connectivity index (χ0v) is 17.5. The van der Waals surface area contributed by atoms with Crippen LogP contribution in [0.2, 0.25) is 0 Å². The second-order valence-corrected chi connectivity index (χ2v) is 7.92. The van der Waals surface area contributed by atoms with Gasteiger partial charge in [-0.3, -0.25) is 4.79 Å². The van der Waals surface area contributed by atoms with Gasteiger partial charge in [-0.1, -0.05) is 30.3 Å². The van der Waals surface area contributed by atoms with E-state index in [1.54, 1.807) is 23.1 Å². The Bertz CT molecular complexity index is 1370. The number of hydrogen-bond acceptors (Lipinski definition) is 4. The highest BCUT2D eigenvalue weighted by Gasteiger charge is 2.27. The van der Waals surface area contributed by atoms with E-state index in [4.69, 9.17) is 17.3 Å². The van der Waals surface area contributed by atoms with Crippen LogP contribution in [-0.2, 0) is 19.0 Å². The minimum atomic E-state index is -0.978. The molecule has 1 aliphatic rings. The molecule has 4 aromatic rings. The van der Waals surface area contributed by atoms with E-state index in [1.807, 2.05) is 24.3 Å². The molecule has 160 valence electrons. The maximum absolute atomic E-state index is 14.0. The first-order chi connectivity index (χ1) is 15.4. The highest BCUT2D eigenvalue weighted by Crippen LogP contribution is 2.32. The van der Waals surface area contributed by atoms with Crippen molar-refractivity contribution >= 4 is 34.4 Å². The Morgan fingerprint density at radius 2 is 1.69 bits per heavy atom. The summed E-state index contributed by atoms with van der Waals surface area (Å²) in [6.45, 7) is 0.944. The molecule has 1 aromatic heterocycles. The van der Waals surface area contributed by atoms with Crippen molar-refractivity contribution in [2.45, 2.75) is 19.0 Å². The summed E-state index contributed by atoms with van der Waals surface area (Å²) in [4.78, 5) is 23.6. The van der Waals surface area contributed by atoms with Crippen LogP contribution in [0.4, 0.5) is 14.7 Å². The number of amides is 1. The molecule has 0 radical (unpaired) electrons. The highest BCUT2D eigenvalue weighted by atomic mass is 35.5. The summed E-state index contributed by atoms with van der Waals surface area (Å²) in [5.41, 5.74) is 10.1. The Morgan fingerprint density at radius 1 is 1.00 bits per heavy atom. The lowest BCUT2D eigenvalue weighted by Crippen LogP contribution is -2.27. The minimum Gasteiger partial charge on any atom is -0.368 e. The van der Waals surface area contributed by atoms with Crippen LogP contribution >= 0.6 is 11.6 Å². The normalized spacial score (nSPS) is 12.9. The Labute approximate surface area is 187 Å². The van der Waals surface area contributed by atoms with Gasteiger partial charge in [0.15, 0.2) is 11.6 Å². The number of aromatic nitrogens is 2. The molecular weight excluding hydrogens is 434 g/mol. The van der Waals surface area contributed by atoms with Gasteiger partial charge in [0.2, 0.25) is 5.95 Å². The number of nitrogens with two attached hydrogens (primary N) is 1. The van der Waals surface area contributed by atoms with Gasteiger partial charge in [-0.2, -0.15) is 0 Å². The lowest BCUT2D eigenvalue weighted by molar-refractivity contribution is 0.0747. The van der Waals surface area contributed by atoms with E-state index in [0.29, 0.717) is 40.7 Å². The standard InChI is InChI=1S/C24H17ClF2N4O/c25-10-16-8-19(26)20(27)9-17(16)13-5-6-21-18(7-13)22(30-24(28)29-21)23(32)31-11-14-3-1-2-4-15(14)12-31/h1-9H,10-12H2,(H2,28,29,30). The molecule has 0 bridgehead atoms. The van der Waals surface area contributed by atoms with Crippen molar-refractivity contribution in [2.75, 3.05) is 5.73 Å². The number of benzene rings is 3. The van der Waals surface area contributed by atoms with Gasteiger partial charge in [-0.25, -0.2) is 18.7 Å². The van der Waals surface area contributed by atoms with Gasteiger partial charge in [-0.15, -0.1) is 11.6 Å². The number of carbonyl (C=O) groups is 1. The number of nitrogens with zero attached hydrogens (tertiary/aromatic N) is 3. The number of anilines is 1. The van der Waals surface area contributed by atoms with Crippen LogP contribution in [0.1, 0.15) is 27.2 Å². The molecule has 8 heteroatoms. The number of carbonyl (C=O) groups excluding carboxylic acids is 1. The molecule has 5 rings (SSSR count). The Morgan fingerprint density at radius 3 is 2.38 bits per heavy atom. The molecule has 2 N–H and O–H groups in total. The van der Waals surface area contributed by atoms with Crippen molar-refractivity contribution in [3.05, 3.63) is 88.6 Å². The van der Waals surface area contributed by atoms with Crippen LogP contribution in [-0.4, -0.2) is 20.8 Å². The average Bonchev–Trinajstić information content (AvgIpc) is 3.23. The first-order valence-electron chi connectivity index (χ1n) is 9.92. The largest absolute Gasteiger partial charge is 0.368 e. The van der Waals surface area contributed by atoms with Gasteiger partial charge in [0.05, 0.1) is 5.52 Å². The maximum Gasteiger partial charge on any atom is 0.273 e. The topological polar surface area (TPSA) is 72.1 Å². The lowest BCUT2D eigenvalue weighted by atomic mass is 9.98. The zero-order chi connectivity index (χ0) is 22.4. The maximum atomic E-state index is 14.0. The van der Waals surface area contributed by atoms with Crippen molar-refractivity contribution in [1.29, 1.82) is 0 Å². The van der Waals surface area contributed by atoms with Crippen LogP contribution < -0.4 is 5.73 Å². The van der Waals surface area contributed by atoms with Crippen molar-refractivity contribution in [1.82, 2.24) is 14.9 Å². The molecule has 0 fully saturated rings. The summed E-state index contributed by atoms with van der Waals surface area (Å²) in [6.07, 6.45) is 0. The molecule has 3 aromatic carbocycles. The summed E-state index contributed by atoms with van der Waals surface area (Å²) < 4.78 is 27.7. The van der Waals surface area contributed by atoms with Crippen molar-refractivity contribution < 1.29 is 13.6 Å². The van der Waals surface area contributed by atoms with Crippen LogP contribution in [0.5, 0.6) is 0 Å². The van der Waals surface area contributed by atoms with Crippen LogP contribution in [0.15, 0.2) is 54.6 Å². The predicted octanol–water partition coefficient (Wildman–Crippen LogP) is 5.05. The average molecular weight is 451 g/mol. The zero-order valence-electron chi connectivity index (χ0n) is 16.8. The lowest BCUT2D eigenvalue weighted by Gasteiger charge is -2.17. The van der Waals surface area contributed by atoms with Gasteiger partial charge in [0.25, 0.3) is 5.91 Å². The molecule has 32 heavy (non-hydrogen) atoms. The van der Waals surface area contributed by atoms with E-state index in [0.717, 1.165) is 23.3 Å². The molecule has 0 saturated heterocycles. The summed E-state index contributed by atoms with van der Waals surface area (Å²) in [6, 6.07) is 15.1. The van der Waals surface area contributed by atoms with E-state index in [-0.39, 0.29) is 23.4 Å². The minimum absolute atomic E-state index is 0.000627. The molecule has 0 saturated carbocycles. The highest BCUT2D eigenvalue weighted by molar-refractivity contribution is 6.17. The van der Waals surface area contributed by atoms with E-state index in [2.05, 4.69) is 9.97 Å². The SMILES string of the molecule is Nc1nc(C(=O)N2Cc3ccccc3C2)c2cc(-c3cc(F)c(F)cc3CCl)ccc2n1.